The molecule has 0 amide bonds. The lowest BCUT2D eigenvalue weighted by Gasteiger charge is -2.15. The first kappa shape index (κ1) is 13.0. The Morgan fingerprint density at radius 3 is 2.88 bits per heavy atom. The van der Waals surface area contributed by atoms with Crippen molar-refractivity contribution in [3.63, 3.8) is 0 Å². The van der Waals surface area contributed by atoms with Crippen LogP contribution in [0.4, 0.5) is 0 Å². The number of aliphatic hydroxyl groups is 1. The van der Waals surface area contributed by atoms with Gasteiger partial charge in [0.05, 0.1) is 0 Å². The number of hydrogen-bond donors (Lipinski definition) is 2. The van der Waals surface area contributed by atoms with Crippen molar-refractivity contribution in [2.24, 2.45) is 0 Å². The first-order chi connectivity index (χ1) is 7.58. The van der Waals surface area contributed by atoms with E-state index in [1.807, 2.05) is 39.0 Å². The summed E-state index contributed by atoms with van der Waals surface area (Å²) in [6.07, 6.45) is -0.480. The predicted molar refractivity (Wildman–Crippen MR) is 64.7 cm³/mol. The Bertz CT molecular complexity index is 313. The molecule has 0 bridgehead atoms. The highest BCUT2D eigenvalue weighted by molar-refractivity contribution is 5.26. The molecule has 3 heteroatoms. The van der Waals surface area contributed by atoms with Gasteiger partial charge >= 0.3 is 0 Å². The molecule has 0 aliphatic carbocycles. The van der Waals surface area contributed by atoms with Crippen LogP contribution in [0.3, 0.4) is 0 Å². The first-order valence-corrected chi connectivity index (χ1v) is 5.60. The zero-order chi connectivity index (χ0) is 12.0. The number of benzene rings is 1. The zero-order valence-corrected chi connectivity index (χ0v) is 10.2. The van der Waals surface area contributed by atoms with Crippen molar-refractivity contribution in [3.8, 4) is 5.75 Å². The number of hydrogen-bond acceptors (Lipinski definition) is 3. The molecule has 0 aromatic heterocycles. The normalized spacial score (nSPS) is 12.8. The van der Waals surface area contributed by atoms with Gasteiger partial charge in [-0.2, -0.15) is 0 Å². The van der Waals surface area contributed by atoms with Crippen molar-refractivity contribution in [2.45, 2.75) is 32.9 Å². The van der Waals surface area contributed by atoms with Crippen molar-refractivity contribution < 1.29 is 9.84 Å². The second kappa shape index (κ2) is 6.51. The number of ether oxygens (including phenoxy) is 1. The summed E-state index contributed by atoms with van der Waals surface area (Å²) >= 11 is 0. The van der Waals surface area contributed by atoms with Gasteiger partial charge in [-0.15, -0.1) is 0 Å². The van der Waals surface area contributed by atoms with Crippen LogP contribution >= 0.6 is 0 Å². The molecule has 1 atom stereocenters. The van der Waals surface area contributed by atoms with Crippen LogP contribution in [-0.2, 0) is 0 Å². The van der Waals surface area contributed by atoms with Crippen LogP contribution in [0, 0.1) is 13.0 Å². The number of aliphatic hydroxyl groups excluding tert-OH is 1. The van der Waals surface area contributed by atoms with Gasteiger partial charge in [-0.1, -0.05) is 19.9 Å². The van der Waals surface area contributed by atoms with Crippen LogP contribution in [0.5, 0.6) is 5.75 Å². The van der Waals surface area contributed by atoms with Gasteiger partial charge < -0.3 is 15.2 Å². The largest absolute Gasteiger partial charge is 0.491 e. The first-order valence-electron chi connectivity index (χ1n) is 5.60. The Labute approximate surface area is 97.4 Å². The molecule has 0 heterocycles. The summed E-state index contributed by atoms with van der Waals surface area (Å²) in [5.74, 6) is 0.778. The fourth-order valence-corrected chi connectivity index (χ4v) is 1.27. The minimum Gasteiger partial charge on any atom is -0.491 e. The lowest BCUT2D eigenvalue weighted by molar-refractivity contribution is 0.104. The number of rotatable bonds is 6. The van der Waals surface area contributed by atoms with Gasteiger partial charge in [0.15, 0.2) is 0 Å². The molecule has 0 saturated heterocycles. The van der Waals surface area contributed by atoms with E-state index in [9.17, 15) is 5.11 Å². The molecule has 1 aromatic rings. The minimum atomic E-state index is -0.480. The van der Waals surface area contributed by atoms with E-state index in [2.05, 4.69) is 11.4 Å². The van der Waals surface area contributed by atoms with E-state index >= 15 is 0 Å². The highest BCUT2D eigenvalue weighted by atomic mass is 16.5. The lowest BCUT2D eigenvalue weighted by Crippen LogP contribution is -2.35. The molecule has 0 spiro atoms. The molecule has 3 nitrogen and oxygen atoms in total. The number of aryl methyl sites for hydroxylation is 1. The van der Waals surface area contributed by atoms with Crippen LogP contribution in [-0.4, -0.2) is 30.4 Å². The molecule has 0 saturated carbocycles. The molecule has 0 aliphatic heterocycles. The van der Waals surface area contributed by atoms with E-state index in [4.69, 9.17) is 4.74 Å². The third kappa shape index (κ3) is 5.14. The van der Waals surface area contributed by atoms with E-state index in [1.165, 1.54) is 0 Å². The fourth-order valence-electron chi connectivity index (χ4n) is 1.27. The highest BCUT2D eigenvalue weighted by Crippen LogP contribution is 2.11. The predicted octanol–water partition coefficient (Wildman–Crippen LogP) is 1.53. The summed E-state index contributed by atoms with van der Waals surface area (Å²) in [6.45, 7) is 6.91. The molecule has 0 aliphatic rings. The SMILES string of the molecule is Cc1[c]ccc(OCC(O)CNC(C)C)c1. The van der Waals surface area contributed by atoms with Gasteiger partial charge in [-0.25, -0.2) is 0 Å². The molecule has 1 rings (SSSR count). The Morgan fingerprint density at radius 2 is 2.25 bits per heavy atom. The van der Waals surface area contributed by atoms with Gasteiger partial charge in [-0.3, -0.25) is 0 Å². The van der Waals surface area contributed by atoms with E-state index in [0.29, 0.717) is 19.2 Å². The molecule has 0 fully saturated rings. The average Bonchev–Trinajstić information content (AvgIpc) is 2.23. The fraction of sp³-hybridized carbons (Fsp3) is 0.538. The van der Waals surface area contributed by atoms with E-state index < -0.39 is 6.10 Å². The van der Waals surface area contributed by atoms with Gasteiger partial charge in [-0.05, 0) is 30.7 Å². The summed E-state index contributed by atoms with van der Waals surface area (Å²) in [7, 11) is 0. The van der Waals surface area contributed by atoms with Crippen molar-refractivity contribution in [1.82, 2.24) is 5.32 Å². The summed E-state index contributed by atoms with van der Waals surface area (Å²) in [5, 5.41) is 12.8. The van der Waals surface area contributed by atoms with Gasteiger partial charge in [0.25, 0.3) is 0 Å². The molecule has 89 valence electrons. The third-order valence-electron chi connectivity index (χ3n) is 2.12. The second-order valence-corrected chi connectivity index (χ2v) is 4.24. The second-order valence-electron chi connectivity index (χ2n) is 4.24. The molecule has 1 aromatic carbocycles. The summed E-state index contributed by atoms with van der Waals surface area (Å²) in [6, 6.07) is 8.99. The maximum Gasteiger partial charge on any atom is 0.119 e. The maximum atomic E-state index is 9.63. The lowest BCUT2D eigenvalue weighted by atomic mass is 10.2. The molecular formula is C13H20NO2. The quantitative estimate of drug-likeness (QED) is 0.767. The highest BCUT2D eigenvalue weighted by Gasteiger charge is 2.05. The molecule has 2 N–H and O–H groups in total. The molecule has 1 unspecified atom stereocenters. The summed E-state index contributed by atoms with van der Waals surface area (Å²) < 4.78 is 5.47. The molecular weight excluding hydrogens is 202 g/mol. The Morgan fingerprint density at radius 1 is 1.50 bits per heavy atom. The van der Waals surface area contributed by atoms with Gasteiger partial charge in [0.2, 0.25) is 0 Å². The maximum absolute atomic E-state index is 9.63. The minimum absolute atomic E-state index is 0.309. The van der Waals surface area contributed by atoms with Gasteiger partial charge in [0, 0.05) is 12.6 Å². The van der Waals surface area contributed by atoms with Crippen LogP contribution in [0.2, 0.25) is 0 Å². The van der Waals surface area contributed by atoms with Crippen molar-refractivity contribution >= 4 is 0 Å². The third-order valence-corrected chi connectivity index (χ3v) is 2.12. The van der Waals surface area contributed by atoms with Crippen LogP contribution in [0.1, 0.15) is 19.4 Å². The van der Waals surface area contributed by atoms with Crippen molar-refractivity contribution in [2.75, 3.05) is 13.2 Å². The Hall–Kier alpha value is -1.06. The Kier molecular flexibility index (Phi) is 5.29. The number of nitrogens with one attached hydrogen (secondary N) is 1. The Balaban J connectivity index is 2.28. The van der Waals surface area contributed by atoms with E-state index in [-0.39, 0.29) is 0 Å². The smallest absolute Gasteiger partial charge is 0.119 e. The van der Waals surface area contributed by atoms with Gasteiger partial charge in [0.1, 0.15) is 18.5 Å². The van der Waals surface area contributed by atoms with Crippen molar-refractivity contribution in [3.05, 3.63) is 29.8 Å². The topological polar surface area (TPSA) is 41.5 Å². The van der Waals surface area contributed by atoms with Crippen LogP contribution in [0.25, 0.3) is 0 Å². The van der Waals surface area contributed by atoms with Crippen LogP contribution in [0.15, 0.2) is 18.2 Å². The average molecular weight is 222 g/mol. The molecule has 16 heavy (non-hydrogen) atoms. The monoisotopic (exact) mass is 222 g/mol. The standard InChI is InChI=1S/C13H20NO2/c1-10(2)14-8-12(15)9-16-13-6-4-5-11(3)7-13/h4,6-7,10,12,14-15H,8-9H2,1-3H3. The zero-order valence-electron chi connectivity index (χ0n) is 10.2. The summed E-state index contributed by atoms with van der Waals surface area (Å²) in [4.78, 5) is 0. The van der Waals surface area contributed by atoms with Crippen LogP contribution < -0.4 is 10.1 Å². The van der Waals surface area contributed by atoms with E-state index in [1.54, 1.807) is 0 Å². The van der Waals surface area contributed by atoms with E-state index in [0.717, 1.165) is 11.3 Å². The summed E-state index contributed by atoms with van der Waals surface area (Å²) in [5.41, 5.74) is 1.03. The molecule has 1 radical (unpaired) electrons. The van der Waals surface area contributed by atoms with Crippen molar-refractivity contribution in [1.29, 1.82) is 0 Å².